The fourth-order valence-electron chi connectivity index (χ4n) is 5.05. The molecule has 0 bridgehead atoms. The molecular formula is C34H40N4O5. The molecule has 0 unspecified atom stereocenters. The number of nitrogens with one attached hydrogen (secondary N) is 1. The molecule has 1 aliphatic heterocycles. The number of hydrogen-bond acceptors (Lipinski definition) is 6. The topological polar surface area (TPSA) is 94.9 Å². The van der Waals surface area contributed by atoms with Crippen LogP contribution in [-0.4, -0.2) is 58.5 Å². The molecule has 1 N–H and O–H groups in total. The Morgan fingerprint density at radius 1 is 1.00 bits per heavy atom. The maximum atomic E-state index is 12.8. The van der Waals surface area contributed by atoms with Crippen molar-refractivity contribution in [3.63, 3.8) is 0 Å². The first kappa shape index (κ1) is 30.1. The van der Waals surface area contributed by atoms with Crippen LogP contribution in [0, 0.1) is 0 Å². The van der Waals surface area contributed by atoms with Crippen LogP contribution < -0.4 is 10.1 Å². The molecule has 226 valence electrons. The minimum Gasteiger partial charge on any atom is -0.428 e. The minimum absolute atomic E-state index is 0.119. The molecule has 43 heavy (non-hydrogen) atoms. The van der Waals surface area contributed by atoms with Gasteiger partial charge in [-0.1, -0.05) is 55.8 Å². The van der Waals surface area contributed by atoms with Gasteiger partial charge in [-0.15, -0.1) is 0 Å². The number of anilines is 1. The molecule has 1 aliphatic rings. The van der Waals surface area contributed by atoms with Gasteiger partial charge in [0, 0.05) is 37.3 Å². The highest BCUT2D eigenvalue weighted by Crippen LogP contribution is 2.31. The standard InChI is InChI=1S/C34H40N4O5/c1-5-6-11-31-36-28-17-16-26(35-32(39)37-18-20-41-21-19-37)22-29(28)38(31)23-24-12-14-25(15-13-24)27-9-7-8-10-30(27)42-33(40)43-34(2,3)4/h7-10,12-17,22H,5-6,11,18-21,23H2,1-4H3,(H,35,39). The van der Waals surface area contributed by atoms with Gasteiger partial charge in [0.15, 0.2) is 0 Å². The van der Waals surface area contributed by atoms with Crippen LogP contribution in [0.15, 0.2) is 66.7 Å². The van der Waals surface area contributed by atoms with E-state index in [1.54, 1.807) is 31.7 Å². The molecule has 0 aliphatic carbocycles. The average Bonchev–Trinajstić information content (AvgIpc) is 3.32. The van der Waals surface area contributed by atoms with E-state index < -0.39 is 11.8 Å². The number of nitrogens with zero attached hydrogens (tertiary/aromatic N) is 3. The summed E-state index contributed by atoms with van der Waals surface area (Å²) in [6, 6.07) is 21.4. The monoisotopic (exact) mass is 584 g/mol. The van der Waals surface area contributed by atoms with Crippen LogP contribution in [0.2, 0.25) is 0 Å². The molecular weight excluding hydrogens is 544 g/mol. The Kier molecular flexibility index (Phi) is 9.31. The maximum absolute atomic E-state index is 12.8. The quantitative estimate of drug-likeness (QED) is 0.173. The summed E-state index contributed by atoms with van der Waals surface area (Å²) in [6.07, 6.45) is 2.25. The molecule has 5 rings (SSSR count). The second-order valence-corrected chi connectivity index (χ2v) is 11.7. The fourth-order valence-corrected chi connectivity index (χ4v) is 5.05. The van der Waals surface area contributed by atoms with Crippen LogP contribution in [-0.2, 0) is 22.4 Å². The lowest BCUT2D eigenvalue weighted by Gasteiger charge is -2.26. The molecule has 1 fully saturated rings. The highest BCUT2D eigenvalue weighted by molar-refractivity contribution is 5.92. The van der Waals surface area contributed by atoms with Gasteiger partial charge in [-0.25, -0.2) is 14.6 Å². The maximum Gasteiger partial charge on any atom is 0.514 e. The van der Waals surface area contributed by atoms with E-state index in [-0.39, 0.29) is 6.03 Å². The van der Waals surface area contributed by atoms with E-state index >= 15 is 0 Å². The molecule has 1 aromatic heterocycles. The Hall–Kier alpha value is -4.37. The predicted molar refractivity (Wildman–Crippen MR) is 168 cm³/mol. The van der Waals surface area contributed by atoms with Gasteiger partial charge >= 0.3 is 12.2 Å². The van der Waals surface area contributed by atoms with E-state index in [0.29, 0.717) is 38.6 Å². The summed E-state index contributed by atoms with van der Waals surface area (Å²) in [5.41, 5.74) is 4.82. The van der Waals surface area contributed by atoms with Gasteiger partial charge in [-0.3, -0.25) is 0 Å². The van der Waals surface area contributed by atoms with Crippen molar-refractivity contribution in [3.8, 4) is 16.9 Å². The van der Waals surface area contributed by atoms with Crippen molar-refractivity contribution in [2.45, 2.75) is 59.1 Å². The molecule has 9 nitrogen and oxygen atoms in total. The van der Waals surface area contributed by atoms with Crippen molar-refractivity contribution in [1.29, 1.82) is 0 Å². The summed E-state index contributed by atoms with van der Waals surface area (Å²) in [7, 11) is 0. The van der Waals surface area contributed by atoms with Crippen LogP contribution in [0.1, 0.15) is 51.9 Å². The molecule has 0 spiro atoms. The Morgan fingerprint density at radius 3 is 2.47 bits per heavy atom. The largest absolute Gasteiger partial charge is 0.514 e. The summed E-state index contributed by atoms with van der Waals surface area (Å²) in [6.45, 7) is 10.5. The van der Waals surface area contributed by atoms with Crippen LogP contribution in [0.5, 0.6) is 5.75 Å². The van der Waals surface area contributed by atoms with Crippen molar-refractivity contribution in [2.75, 3.05) is 31.6 Å². The molecule has 0 atom stereocenters. The lowest BCUT2D eigenvalue weighted by Crippen LogP contribution is -2.43. The molecule has 1 saturated heterocycles. The number of benzene rings is 3. The summed E-state index contributed by atoms with van der Waals surface area (Å²) in [4.78, 5) is 31.9. The van der Waals surface area contributed by atoms with Crippen LogP contribution in [0.4, 0.5) is 15.3 Å². The van der Waals surface area contributed by atoms with Crippen molar-refractivity contribution in [2.24, 2.45) is 0 Å². The van der Waals surface area contributed by atoms with E-state index in [4.69, 9.17) is 19.2 Å². The summed E-state index contributed by atoms with van der Waals surface area (Å²) >= 11 is 0. The van der Waals surface area contributed by atoms with Gasteiger partial charge in [-0.05, 0) is 62.6 Å². The smallest absolute Gasteiger partial charge is 0.428 e. The number of amides is 2. The number of fused-ring (bicyclic) bond motifs is 1. The lowest BCUT2D eigenvalue weighted by molar-refractivity contribution is 0.0207. The zero-order valence-corrected chi connectivity index (χ0v) is 25.4. The van der Waals surface area contributed by atoms with E-state index in [2.05, 4.69) is 28.9 Å². The van der Waals surface area contributed by atoms with Crippen molar-refractivity contribution >= 4 is 28.9 Å². The zero-order valence-electron chi connectivity index (χ0n) is 25.4. The van der Waals surface area contributed by atoms with Gasteiger partial charge in [-0.2, -0.15) is 0 Å². The SMILES string of the molecule is CCCCc1nc2ccc(NC(=O)N3CCOCC3)cc2n1Cc1ccc(-c2ccccc2OC(=O)OC(C)(C)C)cc1. The van der Waals surface area contributed by atoms with Crippen molar-refractivity contribution in [1.82, 2.24) is 14.5 Å². The van der Waals surface area contributed by atoms with Gasteiger partial charge in [0.25, 0.3) is 0 Å². The number of imidazole rings is 1. The van der Waals surface area contributed by atoms with Crippen LogP contribution in [0.25, 0.3) is 22.2 Å². The first-order valence-corrected chi connectivity index (χ1v) is 14.9. The lowest BCUT2D eigenvalue weighted by atomic mass is 10.0. The molecule has 2 amide bonds. The van der Waals surface area contributed by atoms with E-state index in [1.165, 1.54) is 0 Å². The third kappa shape index (κ3) is 7.73. The highest BCUT2D eigenvalue weighted by Gasteiger charge is 2.20. The van der Waals surface area contributed by atoms with Gasteiger partial charge in [0.2, 0.25) is 0 Å². The van der Waals surface area contributed by atoms with Crippen molar-refractivity contribution in [3.05, 3.63) is 78.1 Å². The molecule has 2 heterocycles. The number of carbonyl (C=O) groups excluding carboxylic acids is 2. The van der Waals surface area contributed by atoms with Crippen LogP contribution in [0.3, 0.4) is 0 Å². The third-order valence-electron chi connectivity index (χ3n) is 7.21. The van der Waals surface area contributed by atoms with Gasteiger partial charge in [0.1, 0.15) is 17.2 Å². The number of unbranched alkanes of at least 4 members (excludes halogenated alkanes) is 1. The zero-order chi connectivity index (χ0) is 30.4. The molecule has 3 aromatic carbocycles. The van der Waals surface area contributed by atoms with E-state index in [1.807, 2.05) is 48.5 Å². The number of ether oxygens (including phenoxy) is 3. The third-order valence-corrected chi connectivity index (χ3v) is 7.21. The number of urea groups is 1. The first-order valence-electron chi connectivity index (χ1n) is 14.9. The first-order chi connectivity index (χ1) is 20.7. The van der Waals surface area contributed by atoms with Crippen molar-refractivity contribution < 1.29 is 23.8 Å². The fraction of sp³-hybridized carbons (Fsp3) is 0.382. The Balaban J connectivity index is 1.38. The Labute approximate surface area is 252 Å². The molecule has 4 aromatic rings. The Morgan fingerprint density at radius 2 is 1.74 bits per heavy atom. The number of aryl methyl sites for hydroxylation is 1. The number of rotatable bonds is 8. The summed E-state index contributed by atoms with van der Waals surface area (Å²) in [5, 5.41) is 3.05. The second-order valence-electron chi connectivity index (χ2n) is 11.7. The normalized spacial score (nSPS) is 13.6. The van der Waals surface area contributed by atoms with E-state index in [9.17, 15) is 9.59 Å². The van der Waals surface area contributed by atoms with Gasteiger partial charge < -0.3 is 29.0 Å². The molecule has 9 heteroatoms. The number of morpholine rings is 1. The predicted octanol–water partition coefficient (Wildman–Crippen LogP) is 7.27. The van der Waals surface area contributed by atoms with E-state index in [0.717, 1.165) is 58.5 Å². The molecule has 0 saturated carbocycles. The van der Waals surface area contributed by atoms with Crippen LogP contribution >= 0.6 is 0 Å². The Bertz CT molecular complexity index is 1570. The summed E-state index contributed by atoms with van der Waals surface area (Å²) in [5.74, 6) is 1.47. The molecule has 0 radical (unpaired) electrons. The number of aromatic nitrogens is 2. The van der Waals surface area contributed by atoms with Gasteiger partial charge in [0.05, 0.1) is 24.2 Å². The minimum atomic E-state index is -0.733. The average molecular weight is 585 g/mol. The number of carbonyl (C=O) groups is 2. The number of hydrogen-bond donors (Lipinski definition) is 1. The second kappa shape index (κ2) is 13.3. The number of para-hydroxylation sites is 1. The summed E-state index contributed by atoms with van der Waals surface area (Å²) < 4.78 is 18.5. The highest BCUT2D eigenvalue weighted by atomic mass is 16.7.